The minimum atomic E-state index is -4.61. The predicted molar refractivity (Wildman–Crippen MR) is 106 cm³/mol. The summed E-state index contributed by atoms with van der Waals surface area (Å²) < 4.78 is 41.6. The summed E-state index contributed by atoms with van der Waals surface area (Å²) in [5.41, 5.74) is -1.28. The quantitative estimate of drug-likeness (QED) is 0.657. The molecule has 1 amide bonds. The summed E-state index contributed by atoms with van der Waals surface area (Å²) in [5.74, 6) is 0.214. The van der Waals surface area contributed by atoms with Crippen LogP contribution in [0, 0.1) is 0 Å². The smallest absolute Gasteiger partial charge is 0.341 e. The lowest BCUT2D eigenvalue weighted by Gasteiger charge is -2.18. The van der Waals surface area contributed by atoms with Crippen LogP contribution in [0.5, 0.6) is 0 Å². The molecular weight excluding hydrogens is 427 g/mol. The van der Waals surface area contributed by atoms with Gasteiger partial charge in [-0.25, -0.2) is 0 Å². The standard InChI is InChI=1S/C18H19ClF3N5OS/c19-11-3-6-14(13(9-11)18(20,21)22)23-15(28)10-29-17-25-24-16(26-7-1-2-8-26)27(17)12-4-5-12/h3,6,9,12H,1-2,4-5,7-8,10H2,(H,23,28). The van der Waals surface area contributed by atoms with E-state index in [1.807, 2.05) is 0 Å². The third-order valence-corrected chi connectivity index (χ3v) is 6.02. The van der Waals surface area contributed by atoms with Crippen LogP contribution in [0.1, 0.15) is 37.3 Å². The van der Waals surface area contributed by atoms with Gasteiger partial charge in [0.1, 0.15) is 0 Å². The topological polar surface area (TPSA) is 63.1 Å². The van der Waals surface area contributed by atoms with Gasteiger partial charge in [-0.3, -0.25) is 9.36 Å². The van der Waals surface area contributed by atoms with Gasteiger partial charge < -0.3 is 10.2 Å². The van der Waals surface area contributed by atoms with Crippen molar-refractivity contribution in [2.75, 3.05) is 29.1 Å². The first-order valence-corrected chi connectivity index (χ1v) is 10.7. The summed E-state index contributed by atoms with van der Waals surface area (Å²) >= 11 is 6.85. The molecule has 2 aromatic rings. The molecule has 1 N–H and O–H groups in total. The van der Waals surface area contributed by atoms with E-state index in [0.717, 1.165) is 56.9 Å². The number of carbonyl (C=O) groups excluding carboxylic acids is 1. The van der Waals surface area contributed by atoms with Crippen LogP contribution in [-0.4, -0.2) is 39.5 Å². The number of benzene rings is 1. The Bertz CT molecular complexity index is 909. The summed E-state index contributed by atoms with van der Waals surface area (Å²) in [4.78, 5) is 14.5. The monoisotopic (exact) mass is 445 g/mol. The Balaban J connectivity index is 1.45. The van der Waals surface area contributed by atoms with Crippen molar-refractivity contribution in [2.45, 2.75) is 43.1 Å². The first-order chi connectivity index (χ1) is 13.8. The van der Waals surface area contributed by atoms with Crippen LogP contribution in [0.2, 0.25) is 5.02 Å². The van der Waals surface area contributed by atoms with E-state index >= 15 is 0 Å². The van der Waals surface area contributed by atoms with E-state index in [0.29, 0.717) is 11.2 Å². The molecule has 1 aromatic heterocycles. The number of hydrogen-bond donors (Lipinski definition) is 1. The molecule has 2 heterocycles. The highest BCUT2D eigenvalue weighted by atomic mass is 35.5. The van der Waals surface area contributed by atoms with Gasteiger partial charge in [-0.05, 0) is 43.9 Å². The molecule has 2 aliphatic rings. The second kappa shape index (κ2) is 8.06. The molecule has 29 heavy (non-hydrogen) atoms. The van der Waals surface area contributed by atoms with Crippen molar-refractivity contribution in [2.24, 2.45) is 0 Å². The number of carbonyl (C=O) groups is 1. The SMILES string of the molecule is O=C(CSc1nnc(N2CCCC2)n1C1CC1)Nc1ccc(Cl)cc1C(F)(F)F. The molecule has 1 saturated carbocycles. The maximum Gasteiger partial charge on any atom is 0.418 e. The first-order valence-electron chi connectivity index (χ1n) is 9.32. The molecule has 0 unspecified atom stereocenters. The molecule has 1 aliphatic heterocycles. The molecule has 1 saturated heterocycles. The molecule has 156 valence electrons. The molecule has 0 spiro atoms. The number of aromatic nitrogens is 3. The highest BCUT2D eigenvalue weighted by Crippen LogP contribution is 2.41. The molecule has 6 nitrogen and oxygen atoms in total. The fraction of sp³-hybridized carbons (Fsp3) is 0.500. The molecule has 0 radical (unpaired) electrons. The maximum atomic E-state index is 13.2. The van der Waals surface area contributed by atoms with Gasteiger partial charge in [0.05, 0.1) is 17.0 Å². The third-order valence-electron chi connectivity index (χ3n) is 4.84. The molecule has 0 atom stereocenters. The summed E-state index contributed by atoms with van der Waals surface area (Å²) in [6.45, 7) is 1.87. The molecular formula is C18H19ClF3N5OS. The molecule has 1 aliphatic carbocycles. The van der Waals surface area contributed by atoms with Gasteiger partial charge in [0.25, 0.3) is 0 Å². The van der Waals surface area contributed by atoms with E-state index in [-0.39, 0.29) is 16.5 Å². The highest BCUT2D eigenvalue weighted by Gasteiger charge is 2.35. The number of alkyl halides is 3. The average molecular weight is 446 g/mol. The fourth-order valence-corrected chi connectivity index (χ4v) is 4.30. The summed E-state index contributed by atoms with van der Waals surface area (Å²) in [7, 11) is 0. The van der Waals surface area contributed by atoms with E-state index < -0.39 is 17.6 Å². The van der Waals surface area contributed by atoms with Crippen LogP contribution in [0.15, 0.2) is 23.4 Å². The van der Waals surface area contributed by atoms with Gasteiger partial charge in [0.15, 0.2) is 5.16 Å². The zero-order valence-electron chi connectivity index (χ0n) is 15.4. The number of halogens is 4. The second-order valence-electron chi connectivity index (χ2n) is 7.10. The Labute approximate surface area is 174 Å². The van der Waals surface area contributed by atoms with Gasteiger partial charge >= 0.3 is 6.18 Å². The minimum absolute atomic E-state index is 0.0447. The predicted octanol–water partition coefficient (Wildman–Crippen LogP) is 4.62. The Hall–Kier alpha value is -1.94. The van der Waals surface area contributed by atoms with Crippen molar-refractivity contribution in [3.05, 3.63) is 28.8 Å². The number of anilines is 2. The number of thioether (sulfide) groups is 1. The van der Waals surface area contributed by atoms with E-state index in [9.17, 15) is 18.0 Å². The van der Waals surface area contributed by atoms with Crippen molar-refractivity contribution >= 4 is 40.9 Å². The first kappa shape index (κ1) is 20.3. The Morgan fingerprint density at radius 1 is 1.24 bits per heavy atom. The van der Waals surface area contributed by atoms with Crippen molar-refractivity contribution in [1.29, 1.82) is 0 Å². The summed E-state index contributed by atoms with van der Waals surface area (Å²) in [6.07, 6.45) is -0.301. The maximum absolute atomic E-state index is 13.2. The second-order valence-corrected chi connectivity index (χ2v) is 8.48. The molecule has 1 aromatic carbocycles. The largest absolute Gasteiger partial charge is 0.418 e. The van der Waals surface area contributed by atoms with Crippen LogP contribution in [-0.2, 0) is 11.0 Å². The number of hydrogen-bond acceptors (Lipinski definition) is 5. The van der Waals surface area contributed by atoms with Crippen LogP contribution in [0.25, 0.3) is 0 Å². The lowest BCUT2D eigenvalue weighted by Crippen LogP contribution is -2.22. The summed E-state index contributed by atoms with van der Waals surface area (Å²) in [5, 5.41) is 11.4. The Morgan fingerprint density at radius 2 is 1.97 bits per heavy atom. The number of nitrogens with one attached hydrogen (secondary N) is 1. The van der Waals surface area contributed by atoms with Crippen molar-refractivity contribution in [3.63, 3.8) is 0 Å². The summed E-state index contributed by atoms with van der Waals surface area (Å²) in [6, 6.07) is 3.60. The fourth-order valence-electron chi connectivity index (χ4n) is 3.33. The van der Waals surface area contributed by atoms with E-state index in [4.69, 9.17) is 11.6 Å². The van der Waals surface area contributed by atoms with Crippen molar-refractivity contribution < 1.29 is 18.0 Å². The molecule has 2 fully saturated rings. The van der Waals surface area contributed by atoms with Crippen molar-refractivity contribution in [3.8, 4) is 0 Å². The van der Waals surface area contributed by atoms with Crippen LogP contribution in [0.3, 0.4) is 0 Å². The van der Waals surface area contributed by atoms with Crippen LogP contribution >= 0.6 is 23.4 Å². The normalized spacial score (nSPS) is 17.0. The van der Waals surface area contributed by atoms with Gasteiger partial charge in [-0.15, -0.1) is 10.2 Å². The van der Waals surface area contributed by atoms with Gasteiger partial charge in [0, 0.05) is 24.2 Å². The van der Waals surface area contributed by atoms with Crippen LogP contribution in [0.4, 0.5) is 24.8 Å². The minimum Gasteiger partial charge on any atom is -0.341 e. The van der Waals surface area contributed by atoms with E-state index in [1.54, 1.807) is 0 Å². The highest BCUT2D eigenvalue weighted by molar-refractivity contribution is 7.99. The average Bonchev–Trinajstić information content (AvgIpc) is 3.18. The van der Waals surface area contributed by atoms with Gasteiger partial charge in [-0.1, -0.05) is 23.4 Å². The third kappa shape index (κ3) is 4.63. The van der Waals surface area contributed by atoms with Crippen LogP contribution < -0.4 is 10.2 Å². The lowest BCUT2D eigenvalue weighted by atomic mass is 10.1. The van der Waals surface area contributed by atoms with Gasteiger partial charge in [-0.2, -0.15) is 13.2 Å². The number of rotatable bonds is 6. The zero-order chi connectivity index (χ0) is 20.6. The number of nitrogens with zero attached hydrogens (tertiary/aromatic N) is 4. The Morgan fingerprint density at radius 3 is 2.62 bits per heavy atom. The number of amides is 1. The Kier molecular flexibility index (Phi) is 5.65. The van der Waals surface area contributed by atoms with Gasteiger partial charge in [0.2, 0.25) is 11.9 Å². The van der Waals surface area contributed by atoms with Crippen molar-refractivity contribution in [1.82, 2.24) is 14.8 Å². The van der Waals surface area contributed by atoms with E-state index in [1.165, 1.54) is 17.8 Å². The zero-order valence-corrected chi connectivity index (χ0v) is 16.9. The molecule has 4 rings (SSSR count). The lowest BCUT2D eigenvalue weighted by molar-refractivity contribution is -0.137. The molecule has 0 bridgehead atoms. The molecule has 11 heteroatoms. The van der Waals surface area contributed by atoms with E-state index in [2.05, 4.69) is 25.0 Å².